The Bertz CT molecular complexity index is 645. The number of nitrogens with zero attached hydrogens (tertiary/aromatic N) is 4. The molecule has 0 saturated carbocycles. The molecule has 6 heteroatoms. The van der Waals surface area contributed by atoms with Crippen molar-refractivity contribution in [3.8, 4) is 0 Å². The monoisotopic (exact) mass is 314 g/mol. The van der Waals surface area contributed by atoms with E-state index in [0.717, 1.165) is 32.0 Å². The van der Waals surface area contributed by atoms with Crippen LogP contribution in [0.5, 0.6) is 0 Å². The number of ether oxygens (including phenoxy) is 2. The van der Waals surface area contributed by atoms with Crippen LogP contribution in [0.15, 0.2) is 36.8 Å². The lowest BCUT2D eigenvalue weighted by molar-refractivity contribution is 0.00740. The van der Waals surface area contributed by atoms with Crippen LogP contribution in [0.3, 0.4) is 0 Å². The minimum absolute atomic E-state index is 0.209. The Labute approximate surface area is 136 Å². The Morgan fingerprint density at radius 3 is 3.09 bits per heavy atom. The highest BCUT2D eigenvalue weighted by atomic mass is 16.5. The van der Waals surface area contributed by atoms with Crippen molar-refractivity contribution in [1.29, 1.82) is 0 Å². The fraction of sp³-hybridized carbons (Fsp3) is 0.529. The zero-order valence-electron chi connectivity index (χ0n) is 13.3. The molecule has 0 amide bonds. The van der Waals surface area contributed by atoms with E-state index in [0.29, 0.717) is 18.6 Å². The normalized spacial score (nSPS) is 27.4. The molecule has 0 N–H and O–H groups in total. The number of fused-ring (bicyclic) bond motifs is 1. The van der Waals surface area contributed by atoms with E-state index in [1.54, 1.807) is 0 Å². The number of aromatic nitrogens is 3. The average Bonchev–Trinajstić information content (AvgIpc) is 3.26. The summed E-state index contributed by atoms with van der Waals surface area (Å²) in [6.07, 6.45) is 6.03. The lowest BCUT2D eigenvalue weighted by Gasteiger charge is -2.21. The Morgan fingerprint density at radius 1 is 1.35 bits per heavy atom. The molecule has 2 aromatic heterocycles. The van der Waals surface area contributed by atoms with Crippen LogP contribution in [0.25, 0.3) is 0 Å². The van der Waals surface area contributed by atoms with Crippen molar-refractivity contribution in [3.05, 3.63) is 48.0 Å². The van der Waals surface area contributed by atoms with E-state index in [1.165, 1.54) is 5.56 Å². The van der Waals surface area contributed by atoms with Gasteiger partial charge in [0.05, 0.1) is 37.8 Å². The van der Waals surface area contributed by atoms with Gasteiger partial charge in [-0.2, -0.15) is 5.10 Å². The van der Waals surface area contributed by atoms with Gasteiger partial charge in [-0.1, -0.05) is 6.07 Å². The summed E-state index contributed by atoms with van der Waals surface area (Å²) >= 11 is 0. The van der Waals surface area contributed by atoms with Crippen molar-refractivity contribution in [2.45, 2.75) is 25.3 Å². The van der Waals surface area contributed by atoms with Crippen molar-refractivity contribution in [2.75, 3.05) is 19.8 Å². The molecule has 0 aromatic carbocycles. The fourth-order valence-corrected chi connectivity index (χ4v) is 3.61. The van der Waals surface area contributed by atoms with Crippen LogP contribution < -0.4 is 0 Å². The summed E-state index contributed by atoms with van der Waals surface area (Å²) in [4.78, 5) is 6.80. The summed E-state index contributed by atoms with van der Waals surface area (Å²) in [5.74, 6) is 0.454. The third-order valence-corrected chi connectivity index (χ3v) is 4.77. The standard InChI is InChI=1S/C17H22N4O2/c1-20-7-13(6-19-20)8-21-9-17(15-11-22-12-16(15)21)23-10-14-4-2-3-5-18-14/h2-7,15-17H,8-12H2,1H3/t15-,16+,17+/m0/s1. The molecular formula is C17H22N4O2. The molecule has 2 fully saturated rings. The second-order valence-corrected chi connectivity index (χ2v) is 6.39. The lowest BCUT2D eigenvalue weighted by Crippen LogP contribution is -2.32. The van der Waals surface area contributed by atoms with Gasteiger partial charge in [0.25, 0.3) is 0 Å². The molecule has 2 saturated heterocycles. The second kappa shape index (κ2) is 6.39. The van der Waals surface area contributed by atoms with E-state index in [-0.39, 0.29) is 6.10 Å². The topological polar surface area (TPSA) is 52.4 Å². The quantitative estimate of drug-likeness (QED) is 0.831. The second-order valence-electron chi connectivity index (χ2n) is 6.39. The zero-order valence-corrected chi connectivity index (χ0v) is 13.3. The molecule has 122 valence electrons. The summed E-state index contributed by atoms with van der Waals surface area (Å²) in [5, 5.41) is 4.26. The van der Waals surface area contributed by atoms with E-state index < -0.39 is 0 Å². The van der Waals surface area contributed by atoms with Gasteiger partial charge in [-0.15, -0.1) is 0 Å². The number of hydrogen-bond acceptors (Lipinski definition) is 5. The molecule has 0 bridgehead atoms. The molecule has 0 aliphatic carbocycles. The SMILES string of the molecule is Cn1cc(CN2C[C@@H](OCc3ccccn3)[C@H]3COC[C@H]32)cn1. The average molecular weight is 314 g/mol. The molecule has 0 unspecified atom stereocenters. The van der Waals surface area contributed by atoms with Crippen molar-refractivity contribution in [3.63, 3.8) is 0 Å². The third kappa shape index (κ3) is 3.15. The highest BCUT2D eigenvalue weighted by Gasteiger charge is 2.45. The number of aryl methyl sites for hydroxylation is 1. The third-order valence-electron chi connectivity index (χ3n) is 4.77. The van der Waals surface area contributed by atoms with Crippen LogP contribution >= 0.6 is 0 Å². The van der Waals surface area contributed by atoms with Gasteiger partial charge in [-0.25, -0.2) is 0 Å². The van der Waals surface area contributed by atoms with Crippen LogP contribution in [-0.2, 0) is 29.7 Å². The van der Waals surface area contributed by atoms with Crippen LogP contribution in [0.4, 0.5) is 0 Å². The molecule has 6 nitrogen and oxygen atoms in total. The first-order valence-electron chi connectivity index (χ1n) is 8.10. The molecule has 23 heavy (non-hydrogen) atoms. The maximum atomic E-state index is 6.17. The molecule has 2 aliphatic heterocycles. The minimum Gasteiger partial charge on any atom is -0.379 e. The lowest BCUT2D eigenvalue weighted by atomic mass is 10.0. The van der Waals surface area contributed by atoms with E-state index in [4.69, 9.17) is 9.47 Å². The Morgan fingerprint density at radius 2 is 2.30 bits per heavy atom. The first-order chi connectivity index (χ1) is 11.3. The number of rotatable bonds is 5. The predicted molar refractivity (Wildman–Crippen MR) is 84.5 cm³/mol. The largest absolute Gasteiger partial charge is 0.379 e. The molecule has 2 aromatic rings. The maximum Gasteiger partial charge on any atom is 0.0892 e. The molecule has 4 rings (SSSR count). The van der Waals surface area contributed by atoms with Gasteiger partial charge < -0.3 is 9.47 Å². The molecule has 4 heterocycles. The predicted octanol–water partition coefficient (Wildman–Crippen LogP) is 1.23. The summed E-state index contributed by atoms with van der Waals surface area (Å²) < 4.78 is 13.7. The number of likely N-dealkylation sites (tertiary alicyclic amines) is 1. The summed E-state index contributed by atoms with van der Waals surface area (Å²) in [7, 11) is 1.95. The van der Waals surface area contributed by atoms with E-state index in [1.807, 2.05) is 42.3 Å². The van der Waals surface area contributed by atoms with E-state index >= 15 is 0 Å². The van der Waals surface area contributed by atoms with E-state index in [2.05, 4.69) is 21.2 Å². The zero-order chi connectivity index (χ0) is 15.6. The Hall–Kier alpha value is -1.76. The van der Waals surface area contributed by atoms with E-state index in [9.17, 15) is 0 Å². The van der Waals surface area contributed by atoms with Gasteiger partial charge in [0.1, 0.15) is 0 Å². The van der Waals surface area contributed by atoms with Gasteiger partial charge >= 0.3 is 0 Å². The molecule has 3 atom stereocenters. The van der Waals surface area contributed by atoms with Crippen molar-refractivity contribution >= 4 is 0 Å². The van der Waals surface area contributed by atoms with Crippen molar-refractivity contribution < 1.29 is 9.47 Å². The van der Waals surface area contributed by atoms with Gasteiger partial charge in [0, 0.05) is 50.1 Å². The highest BCUT2D eigenvalue weighted by Crippen LogP contribution is 2.33. The first-order valence-corrected chi connectivity index (χ1v) is 8.10. The number of pyridine rings is 1. The van der Waals surface area contributed by atoms with Crippen LogP contribution in [0, 0.1) is 5.92 Å². The summed E-state index contributed by atoms with van der Waals surface area (Å²) in [6.45, 7) is 4.01. The maximum absolute atomic E-state index is 6.17. The fourth-order valence-electron chi connectivity index (χ4n) is 3.61. The Balaban J connectivity index is 1.40. The molecule has 0 radical (unpaired) electrons. The highest BCUT2D eigenvalue weighted by molar-refractivity contribution is 5.07. The molecule has 2 aliphatic rings. The van der Waals surface area contributed by atoms with Crippen molar-refractivity contribution in [1.82, 2.24) is 19.7 Å². The van der Waals surface area contributed by atoms with Crippen LogP contribution in [0.1, 0.15) is 11.3 Å². The molecular weight excluding hydrogens is 292 g/mol. The first kappa shape index (κ1) is 14.8. The van der Waals surface area contributed by atoms with Crippen molar-refractivity contribution in [2.24, 2.45) is 13.0 Å². The van der Waals surface area contributed by atoms with Gasteiger partial charge in [-0.05, 0) is 12.1 Å². The van der Waals surface area contributed by atoms with Gasteiger partial charge in [0.2, 0.25) is 0 Å². The van der Waals surface area contributed by atoms with Gasteiger partial charge in [-0.3, -0.25) is 14.6 Å². The summed E-state index contributed by atoms with van der Waals surface area (Å²) in [6, 6.07) is 6.38. The molecule has 0 spiro atoms. The smallest absolute Gasteiger partial charge is 0.0892 e. The number of hydrogen-bond donors (Lipinski definition) is 0. The minimum atomic E-state index is 0.209. The Kier molecular flexibility index (Phi) is 4.11. The summed E-state index contributed by atoms with van der Waals surface area (Å²) in [5.41, 5.74) is 2.22. The van der Waals surface area contributed by atoms with Crippen LogP contribution in [-0.4, -0.2) is 51.6 Å². The van der Waals surface area contributed by atoms with Gasteiger partial charge in [0.15, 0.2) is 0 Å². The van der Waals surface area contributed by atoms with Crippen LogP contribution in [0.2, 0.25) is 0 Å².